The first-order valence-electron chi connectivity index (χ1n) is 16.3. The van der Waals surface area contributed by atoms with Gasteiger partial charge in [-0.25, -0.2) is 13.2 Å². The highest BCUT2D eigenvalue weighted by atomic mass is 19.3. The SMILES string of the molecule is C=CC(C)(F)C(C)(C)C(=O)NCc1ccc(C)c(C(=O)Nc2ccc(OC3CCOC3)c(C(=O)CC3CCC(C(C)(F)F)CC3)c2)c1. The minimum absolute atomic E-state index is 0.00566. The summed E-state index contributed by atoms with van der Waals surface area (Å²) in [7, 11) is 0. The van der Waals surface area contributed by atoms with Crippen LogP contribution in [0.1, 0.15) is 98.1 Å². The van der Waals surface area contributed by atoms with E-state index in [1.807, 2.05) is 0 Å². The van der Waals surface area contributed by atoms with Crippen LogP contribution >= 0.6 is 0 Å². The molecule has 2 atom stereocenters. The summed E-state index contributed by atoms with van der Waals surface area (Å²) in [4.78, 5) is 39.9. The number of allylic oxidation sites excluding steroid dienone is 1. The molecule has 1 aliphatic carbocycles. The van der Waals surface area contributed by atoms with E-state index in [-0.39, 0.29) is 30.8 Å². The number of hydrogen-bond donors (Lipinski definition) is 2. The van der Waals surface area contributed by atoms with Crippen LogP contribution in [0.15, 0.2) is 49.1 Å². The summed E-state index contributed by atoms with van der Waals surface area (Å²) in [5, 5.41) is 5.64. The van der Waals surface area contributed by atoms with E-state index in [2.05, 4.69) is 17.2 Å². The van der Waals surface area contributed by atoms with Crippen LogP contribution in [0.25, 0.3) is 0 Å². The molecule has 47 heavy (non-hydrogen) atoms. The zero-order valence-corrected chi connectivity index (χ0v) is 28.0. The first kappa shape index (κ1) is 36.2. The summed E-state index contributed by atoms with van der Waals surface area (Å²) in [6, 6.07) is 10.2. The predicted molar refractivity (Wildman–Crippen MR) is 176 cm³/mol. The number of ketones is 1. The van der Waals surface area contributed by atoms with Gasteiger partial charge in [-0.15, -0.1) is 0 Å². The van der Waals surface area contributed by atoms with Crippen molar-refractivity contribution < 1.29 is 37.0 Å². The maximum absolute atomic E-state index is 14.9. The second kappa shape index (κ2) is 14.6. The average molecular weight is 657 g/mol. The number of anilines is 1. The Morgan fingerprint density at radius 2 is 1.68 bits per heavy atom. The van der Waals surface area contributed by atoms with Gasteiger partial charge < -0.3 is 20.1 Å². The largest absolute Gasteiger partial charge is 0.487 e. The van der Waals surface area contributed by atoms with Crippen LogP contribution in [-0.4, -0.2) is 48.5 Å². The number of alkyl halides is 3. The number of halogens is 3. The van der Waals surface area contributed by atoms with E-state index in [1.165, 1.54) is 20.8 Å². The van der Waals surface area contributed by atoms with Crippen molar-refractivity contribution in [2.24, 2.45) is 17.3 Å². The molecule has 2 fully saturated rings. The zero-order chi connectivity index (χ0) is 34.6. The number of rotatable bonds is 13. The van der Waals surface area contributed by atoms with Crippen molar-refractivity contribution in [2.75, 3.05) is 18.5 Å². The Bertz CT molecular complexity index is 1470. The number of amides is 2. The fraction of sp³-hybridized carbons (Fsp3) is 0.541. The van der Waals surface area contributed by atoms with Crippen LogP contribution in [0.2, 0.25) is 0 Å². The molecule has 2 unspecified atom stereocenters. The molecule has 2 aromatic rings. The Morgan fingerprint density at radius 3 is 2.30 bits per heavy atom. The minimum atomic E-state index is -2.72. The van der Waals surface area contributed by atoms with Crippen molar-refractivity contribution in [3.8, 4) is 5.75 Å². The summed E-state index contributed by atoms with van der Waals surface area (Å²) in [6.07, 6.45) is 3.68. The topological polar surface area (TPSA) is 93.7 Å². The molecule has 2 aliphatic rings. The molecular weight excluding hydrogens is 609 g/mol. The lowest BCUT2D eigenvalue weighted by Gasteiger charge is -2.34. The van der Waals surface area contributed by atoms with Crippen molar-refractivity contribution in [3.63, 3.8) is 0 Å². The fourth-order valence-electron chi connectivity index (χ4n) is 6.06. The third-order valence-electron chi connectivity index (χ3n) is 9.93. The highest BCUT2D eigenvalue weighted by molar-refractivity contribution is 6.06. The summed E-state index contributed by atoms with van der Waals surface area (Å²) < 4.78 is 54.1. The van der Waals surface area contributed by atoms with Gasteiger partial charge in [0.2, 0.25) is 11.8 Å². The summed E-state index contributed by atoms with van der Waals surface area (Å²) in [5.74, 6) is -4.06. The van der Waals surface area contributed by atoms with Crippen molar-refractivity contribution in [1.82, 2.24) is 5.32 Å². The second-order valence-electron chi connectivity index (χ2n) is 13.8. The number of carbonyl (C=O) groups is 3. The average Bonchev–Trinajstić information content (AvgIpc) is 3.54. The van der Waals surface area contributed by atoms with Crippen LogP contribution in [0.4, 0.5) is 18.9 Å². The van der Waals surface area contributed by atoms with Crippen molar-refractivity contribution >= 4 is 23.3 Å². The number of benzene rings is 2. The lowest BCUT2D eigenvalue weighted by molar-refractivity contribution is -0.135. The number of Topliss-reactive ketones (excluding diaryl/α,β-unsaturated/α-hetero) is 1. The monoisotopic (exact) mass is 656 g/mol. The molecule has 7 nitrogen and oxygen atoms in total. The van der Waals surface area contributed by atoms with Gasteiger partial charge in [0.05, 0.1) is 24.2 Å². The number of hydrogen-bond acceptors (Lipinski definition) is 5. The zero-order valence-electron chi connectivity index (χ0n) is 28.0. The van der Waals surface area contributed by atoms with Gasteiger partial charge in [0, 0.05) is 36.6 Å². The molecule has 0 radical (unpaired) electrons. The van der Waals surface area contributed by atoms with Gasteiger partial charge in [-0.1, -0.05) is 24.8 Å². The van der Waals surface area contributed by atoms with Crippen LogP contribution in [0, 0.1) is 24.2 Å². The third kappa shape index (κ3) is 8.83. The van der Waals surface area contributed by atoms with Gasteiger partial charge in [0.1, 0.15) is 17.5 Å². The van der Waals surface area contributed by atoms with E-state index >= 15 is 0 Å². The maximum Gasteiger partial charge on any atom is 0.255 e. The Balaban J connectivity index is 1.48. The van der Waals surface area contributed by atoms with Crippen molar-refractivity contribution in [1.29, 1.82) is 0 Å². The Kier molecular flexibility index (Phi) is 11.3. The standard InChI is InChI=1S/C37H47F3N2O5/c1-7-36(5,38)35(3,4)34(45)41-21-25-9-8-23(2)29(18-25)33(44)42-27-14-15-32(47-28-16-17-46-22-28)30(20-27)31(43)19-24-10-12-26(13-11-24)37(6,39)40/h7-9,14-15,18,20,24,26,28H,1,10-13,16-17,19,21-22H2,2-6H3,(H,41,45)(H,42,44). The summed E-state index contributed by atoms with van der Waals surface area (Å²) >= 11 is 0. The molecule has 1 heterocycles. The predicted octanol–water partition coefficient (Wildman–Crippen LogP) is 8.01. The molecule has 0 aromatic heterocycles. The van der Waals surface area contributed by atoms with Crippen LogP contribution in [-0.2, 0) is 16.1 Å². The second-order valence-corrected chi connectivity index (χ2v) is 13.8. The Morgan fingerprint density at radius 1 is 0.979 bits per heavy atom. The van der Waals surface area contributed by atoms with Crippen molar-refractivity contribution in [2.45, 2.75) is 97.4 Å². The minimum Gasteiger partial charge on any atom is -0.487 e. The lowest BCUT2D eigenvalue weighted by atomic mass is 9.76. The molecule has 0 bridgehead atoms. The van der Waals surface area contributed by atoms with E-state index in [1.54, 1.807) is 43.3 Å². The van der Waals surface area contributed by atoms with Crippen LogP contribution < -0.4 is 15.4 Å². The quantitative estimate of drug-likeness (QED) is 0.168. The molecule has 2 aromatic carbocycles. The molecule has 0 spiro atoms. The number of nitrogens with one attached hydrogen (secondary N) is 2. The Hall–Kier alpha value is -3.66. The lowest BCUT2D eigenvalue weighted by Crippen LogP contribution is -2.48. The third-order valence-corrected chi connectivity index (χ3v) is 9.93. The van der Waals surface area contributed by atoms with E-state index in [9.17, 15) is 27.6 Å². The van der Waals surface area contributed by atoms with Gasteiger partial charge >= 0.3 is 0 Å². The molecule has 4 rings (SSSR count). The Labute approximate surface area is 275 Å². The maximum atomic E-state index is 14.9. The van der Waals surface area contributed by atoms with Gasteiger partial charge in [-0.2, -0.15) is 0 Å². The molecule has 1 saturated carbocycles. The smallest absolute Gasteiger partial charge is 0.255 e. The molecular formula is C37H47F3N2O5. The fourth-order valence-corrected chi connectivity index (χ4v) is 6.06. The van der Waals surface area contributed by atoms with E-state index < -0.39 is 34.7 Å². The van der Waals surface area contributed by atoms with Gasteiger partial charge in [-0.05, 0) is 102 Å². The first-order chi connectivity index (χ1) is 22.0. The molecule has 1 aliphatic heterocycles. The molecule has 10 heteroatoms. The van der Waals surface area contributed by atoms with Crippen molar-refractivity contribution in [3.05, 3.63) is 71.3 Å². The van der Waals surface area contributed by atoms with E-state index in [0.29, 0.717) is 79.0 Å². The van der Waals surface area contributed by atoms with E-state index in [4.69, 9.17) is 9.47 Å². The van der Waals surface area contributed by atoms with Gasteiger partial charge in [0.15, 0.2) is 5.78 Å². The number of ether oxygens (including phenoxy) is 2. The number of carbonyl (C=O) groups excluding carboxylic acids is 3. The summed E-state index contributed by atoms with van der Waals surface area (Å²) in [6.45, 7) is 11.6. The van der Waals surface area contributed by atoms with E-state index in [0.717, 1.165) is 13.0 Å². The number of aryl methyl sites for hydroxylation is 1. The highest BCUT2D eigenvalue weighted by Crippen LogP contribution is 2.40. The first-order valence-corrected chi connectivity index (χ1v) is 16.3. The normalized spacial score (nSPS) is 21.4. The molecule has 2 N–H and O–H groups in total. The molecule has 2 amide bonds. The molecule has 256 valence electrons. The van der Waals surface area contributed by atoms with Crippen LogP contribution in [0.5, 0.6) is 5.75 Å². The summed E-state index contributed by atoms with van der Waals surface area (Å²) in [5.41, 5.74) is -0.836. The van der Waals surface area contributed by atoms with Crippen LogP contribution in [0.3, 0.4) is 0 Å². The van der Waals surface area contributed by atoms with Gasteiger partial charge in [-0.3, -0.25) is 14.4 Å². The molecule has 1 saturated heterocycles. The van der Waals surface area contributed by atoms with Gasteiger partial charge in [0.25, 0.3) is 5.91 Å². The highest BCUT2D eigenvalue weighted by Gasteiger charge is 2.45.